The van der Waals surface area contributed by atoms with E-state index < -0.39 is 10.9 Å². The Morgan fingerprint density at radius 3 is 2.67 bits per heavy atom. The van der Waals surface area contributed by atoms with Crippen LogP contribution in [-0.4, -0.2) is 16.0 Å². The molecule has 0 radical (unpaired) electrons. The Kier molecular flexibility index (Phi) is 4.54. The van der Waals surface area contributed by atoms with Crippen LogP contribution in [0.3, 0.4) is 0 Å². The Bertz CT molecular complexity index is 702. The maximum atomic E-state index is 11.1. The monoisotopic (exact) mass is 351 g/mol. The smallest absolute Gasteiger partial charge is 0.339 e. The average Bonchev–Trinajstić information content (AvgIpc) is 2.44. The van der Waals surface area contributed by atoms with E-state index in [4.69, 9.17) is 9.84 Å². The van der Waals surface area contributed by atoms with Gasteiger partial charge in [0.25, 0.3) is 5.69 Å². The van der Waals surface area contributed by atoms with Crippen LogP contribution in [0.25, 0.3) is 0 Å². The van der Waals surface area contributed by atoms with Gasteiger partial charge in [0, 0.05) is 10.5 Å². The van der Waals surface area contributed by atoms with Crippen LogP contribution in [0.2, 0.25) is 0 Å². The van der Waals surface area contributed by atoms with Crippen molar-refractivity contribution in [2.24, 2.45) is 0 Å². The summed E-state index contributed by atoms with van der Waals surface area (Å²) in [5.74, 6) is -1.23. The van der Waals surface area contributed by atoms with Gasteiger partial charge in [-0.15, -0.1) is 0 Å². The van der Waals surface area contributed by atoms with E-state index in [9.17, 15) is 14.9 Å². The minimum absolute atomic E-state index is 0.0309. The second-order valence-electron chi connectivity index (χ2n) is 4.16. The van der Waals surface area contributed by atoms with Crippen LogP contribution in [0.1, 0.15) is 15.9 Å². The molecule has 2 rings (SSSR count). The number of non-ortho nitro benzene ring substituents is 1. The first-order valence-corrected chi connectivity index (χ1v) is 6.65. The lowest BCUT2D eigenvalue weighted by atomic mass is 10.2. The second kappa shape index (κ2) is 6.36. The van der Waals surface area contributed by atoms with Crippen LogP contribution in [0.15, 0.2) is 46.9 Å². The zero-order valence-corrected chi connectivity index (χ0v) is 12.2. The number of carboxylic acids is 1. The van der Waals surface area contributed by atoms with E-state index in [1.54, 1.807) is 0 Å². The Morgan fingerprint density at radius 2 is 2.05 bits per heavy atom. The number of benzene rings is 2. The summed E-state index contributed by atoms with van der Waals surface area (Å²) in [5, 5.41) is 19.8. The molecule has 0 saturated heterocycles. The summed E-state index contributed by atoms with van der Waals surface area (Å²) in [4.78, 5) is 21.3. The predicted molar refractivity (Wildman–Crippen MR) is 78.5 cm³/mol. The van der Waals surface area contributed by atoms with Crippen molar-refractivity contribution in [1.82, 2.24) is 0 Å². The van der Waals surface area contributed by atoms with E-state index >= 15 is 0 Å². The van der Waals surface area contributed by atoms with Gasteiger partial charge in [0.05, 0.1) is 11.0 Å². The molecule has 0 heterocycles. The molecule has 0 saturated carbocycles. The van der Waals surface area contributed by atoms with Crippen molar-refractivity contribution in [2.75, 3.05) is 0 Å². The SMILES string of the molecule is O=C(O)c1ccc([N+](=O)[O-])cc1OCc1cccc(Br)c1. The van der Waals surface area contributed by atoms with E-state index in [0.29, 0.717) is 0 Å². The third-order valence-electron chi connectivity index (χ3n) is 2.69. The standard InChI is InChI=1S/C14H10BrNO5/c15-10-3-1-2-9(6-10)8-21-13-7-11(16(19)20)4-5-12(13)14(17)18/h1-7H,8H2,(H,17,18). The second-order valence-corrected chi connectivity index (χ2v) is 5.08. The number of ether oxygens (including phenoxy) is 1. The number of aromatic carboxylic acids is 1. The van der Waals surface area contributed by atoms with Gasteiger partial charge in [0.15, 0.2) is 0 Å². The number of nitrogens with zero attached hydrogens (tertiary/aromatic N) is 1. The summed E-state index contributed by atoms with van der Waals surface area (Å²) < 4.78 is 6.29. The van der Waals surface area contributed by atoms with Crippen LogP contribution in [0.5, 0.6) is 5.75 Å². The molecule has 0 atom stereocenters. The van der Waals surface area contributed by atoms with Crippen LogP contribution < -0.4 is 4.74 Å². The molecule has 0 aliphatic rings. The van der Waals surface area contributed by atoms with Crippen LogP contribution in [0, 0.1) is 10.1 Å². The lowest BCUT2D eigenvalue weighted by Crippen LogP contribution is -2.04. The molecule has 0 bridgehead atoms. The molecule has 2 aromatic carbocycles. The number of rotatable bonds is 5. The zero-order valence-electron chi connectivity index (χ0n) is 10.7. The molecule has 0 unspecified atom stereocenters. The maximum Gasteiger partial charge on any atom is 0.339 e. The number of nitro benzene ring substituents is 1. The van der Waals surface area contributed by atoms with Crippen LogP contribution >= 0.6 is 15.9 Å². The summed E-state index contributed by atoms with van der Waals surface area (Å²) in [6.07, 6.45) is 0. The van der Waals surface area contributed by atoms with E-state index in [1.807, 2.05) is 24.3 Å². The minimum Gasteiger partial charge on any atom is -0.488 e. The van der Waals surface area contributed by atoms with Gasteiger partial charge in [-0.25, -0.2) is 4.79 Å². The Hall–Kier alpha value is -2.41. The third kappa shape index (κ3) is 3.79. The number of hydrogen-bond donors (Lipinski definition) is 1. The third-order valence-corrected chi connectivity index (χ3v) is 3.18. The molecule has 0 aromatic heterocycles. The van der Waals surface area contributed by atoms with Crippen molar-refractivity contribution in [3.63, 3.8) is 0 Å². The molecular formula is C14H10BrNO5. The van der Waals surface area contributed by atoms with Crippen molar-refractivity contribution < 1.29 is 19.6 Å². The van der Waals surface area contributed by atoms with Gasteiger partial charge in [0.1, 0.15) is 17.9 Å². The highest BCUT2D eigenvalue weighted by Crippen LogP contribution is 2.26. The Balaban J connectivity index is 2.26. The molecular weight excluding hydrogens is 342 g/mol. The molecule has 0 aliphatic heterocycles. The molecule has 6 nitrogen and oxygen atoms in total. The Morgan fingerprint density at radius 1 is 1.29 bits per heavy atom. The van der Waals surface area contributed by atoms with E-state index in [-0.39, 0.29) is 23.6 Å². The summed E-state index contributed by atoms with van der Waals surface area (Å²) in [7, 11) is 0. The molecule has 0 spiro atoms. The van der Waals surface area contributed by atoms with Gasteiger partial charge < -0.3 is 9.84 Å². The normalized spacial score (nSPS) is 10.1. The highest BCUT2D eigenvalue weighted by molar-refractivity contribution is 9.10. The molecule has 108 valence electrons. The first-order valence-electron chi connectivity index (χ1n) is 5.86. The number of halogens is 1. The Labute approximate surface area is 128 Å². The first kappa shape index (κ1) is 15.0. The number of hydrogen-bond acceptors (Lipinski definition) is 4. The number of carbonyl (C=O) groups is 1. The van der Waals surface area contributed by atoms with Crippen molar-refractivity contribution in [2.45, 2.75) is 6.61 Å². The molecule has 21 heavy (non-hydrogen) atoms. The molecule has 0 aliphatic carbocycles. The van der Waals surface area contributed by atoms with Crippen LogP contribution in [-0.2, 0) is 6.61 Å². The van der Waals surface area contributed by atoms with Gasteiger partial charge in [0.2, 0.25) is 0 Å². The van der Waals surface area contributed by atoms with Gasteiger partial charge in [-0.05, 0) is 23.8 Å². The topological polar surface area (TPSA) is 89.7 Å². The van der Waals surface area contributed by atoms with Gasteiger partial charge in [-0.3, -0.25) is 10.1 Å². The van der Waals surface area contributed by atoms with Gasteiger partial charge in [-0.2, -0.15) is 0 Å². The van der Waals surface area contributed by atoms with Crippen molar-refractivity contribution in [1.29, 1.82) is 0 Å². The van der Waals surface area contributed by atoms with Crippen molar-refractivity contribution >= 4 is 27.6 Å². The lowest BCUT2D eigenvalue weighted by molar-refractivity contribution is -0.384. The maximum absolute atomic E-state index is 11.1. The number of nitro groups is 1. The molecule has 0 amide bonds. The van der Waals surface area contributed by atoms with Crippen molar-refractivity contribution in [3.05, 3.63) is 68.2 Å². The molecule has 0 fully saturated rings. The highest BCUT2D eigenvalue weighted by atomic mass is 79.9. The summed E-state index contributed by atoms with van der Waals surface area (Å²) in [6, 6.07) is 10.7. The van der Waals surface area contributed by atoms with E-state index in [1.165, 1.54) is 0 Å². The lowest BCUT2D eigenvalue weighted by Gasteiger charge is -2.09. The highest BCUT2D eigenvalue weighted by Gasteiger charge is 2.16. The van der Waals surface area contributed by atoms with Crippen molar-refractivity contribution in [3.8, 4) is 5.75 Å². The summed E-state index contributed by atoms with van der Waals surface area (Å²) >= 11 is 3.32. The summed E-state index contributed by atoms with van der Waals surface area (Å²) in [5.41, 5.74) is 0.479. The molecule has 2 aromatic rings. The number of carboxylic acid groups (broad SMARTS) is 1. The van der Waals surface area contributed by atoms with Crippen LogP contribution in [0.4, 0.5) is 5.69 Å². The van der Waals surface area contributed by atoms with E-state index in [0.717, 1.165) is 28.2 Å². The fourth-order valence-corrected chi connectivity index (χ4v) is 2.16. The fourth-order valence-electron chi connectivity index (χ4n) is 1.71. The van der Waals surface area contributed by atoms with Gasteiger partial charge in [-0.1, -0.05) is 28.1 Å². The van der Waals surface area contributed by atoms with Gasteiger partial charge >= 0.3 is 5.97 Å². The summed E-state index contributed by atoms with van der Waals surface area (Å²) in [6.45, 7) is 0.112. The quantitative estimate of drug-likeness (QED) is 0.656. The minimum atomic E-state index is -1.20. The van der Waals surface area contributed by atoms with E-state index in [2.05, 4.69) is 15.9 Å². The largest absolute Gasteiger partial charge is 0.488 e. The zero-order chi connectivity index (χ0) is 15.4. The fraction of sp³-hybridized carbons (Fsp3) is 0.0714. The first-order chi connectivity index (χ1) is 9.97. The molecule has 1 N–H and O–H groups in total. The predicted octanol–water partition coefficient (Wildman–Crippen LogP) is 3.63. The molecule has 7 heteroatoms. The average molecular weight is 352 g/mol.